The van der Waals surface area contributed by atoms with Crippen molar-refractivity contribution in [3.05, 3.63) is 42.0 Å². The average molecular weight is 247 g/mol. The second kappa shape index (κ2) is 8.76. The summed E-state index contributed by atoms with van der Waals surface area (Å²) in [7, 11) is 1.70. The zero-order valence-corrected chi connectivity index (χ0v) is 11.8. The Hall–Kier alpha value is -1.28. The molecule has 0 fully saturated rings. The lowest BCUT2D eigenvalue weighted by Gasteiger charge is -2.13. The number of rotatable bonds is 8. The van der Waals surface area contributed by atoms with Gasteiger partial charge in [-0.15, -0.1) is 0 Å². The van der Waals surface area contributed by atoms with Crippen molar-refractivity contribution >= 4 is 0 Å². The Morgan fingerprint density at radius 1 is 1.28 bits per heavy atom. The normalized spacial score (nSPS) is 12.8. The standard InChI is InChI=1S/C16H25NO/c1-4-5-6-13-17-14(2)7-8-15-9-11-16(18-3)12-10-15/h4-5,9-12,14,17H,6-8,13H2,1-3H3/b5-4+. The summed E-state index contributed by atoms with van der Waals surface area (Å²) in [5, 5.41) is 3.53. The molecule has 1 aromatic rings. The Morgan fingerprint density at radius 2 is 2.00 bits per heavy atom. The van der Waals surface area contributed by atoms with E-state index in [1.54, 1.807) is 7.11 Å². The SMILES string of the molecule is C/C=C/CCNC(C)CCc1ccc(OC)cc1. The molecule has 0 aliphatic rings. The van der Waals surface area contributed by atoms with Crippen molar-refractivity contribution in [2.45, 2.75) is 39.2 Å². The number of nitrogens with one attached hydrogen (secondary N) is 1. The number of hydrogen-bond acceptors (Lipinski definition) is 2. The highest BCUT2D eigenvalue weighted by molar-refractivity contribution is 5.27. The summed E-state index contributed by atoms with van der Waals surface area (Å²) >= 11 is 0. The summed E-state index contributed by atoms with van der Waals surface area (Å²) in [4.78, 5) is 0. The van der Waals surface area contributed by atoms with Crippen molar-refractivity contribution in [2.75, 3.05) is 13.7 Å². The summed E-state index contributed by atoms with van der Waals surface area (Å²) in [6.45, 7) is 5.38. The second-order valence-corrected chi connectivity index (χ2v) is 4.60. The van der Waals surface area contributed by atoms with Crippen molar-refractivity contribution in [3.63, 3.8) is 0 Å². The Labute approximate surface area is 111 Å². The van der Waals surface area contributed by atoms with Crippen molar-refractivity contribution in [1.29, 1.82) is 0 Å². The van der Waals surface area contributed by atoms with Crippen LogP contribution in [0.1, 0.15) is 32.3 Å². The summed E-state index contributed by atoms with van der Waals surface area (Å²) in [6, 6.07) is 8.91. The monoisotopic (exact) mass is 247 g/mol. The molecule has 0 saturated carbocycles. The van der Waals surface area contributed by atoms with Crippen LogP contribution in [0, 0.1) is 0 Å². The zero-order chi connectivity index (χ0) is 13.2. The molecular weight excluding hydrogens is 222 g/mol. The van der Waals surface area contributed by atoms with Crippen molar-refractivity contribution in [1.82, 2.24) is 5.32 Å². The van der Waals surface area contributed by atoms with Gasteiger partial charge in [-0.05, 0) is 57.4 Å². The third-order valence-electron chi connectivity index (χ3n) is 3.06. The minimum atomic E-state index is 0.567. The topological polar surface area (TPSA) is 21.3 Å². The van der Waals surface area contributed by atoms with Crippen LogP contribution in [-0.2, 0) is 6.42 Å². The van der Waals surface area contributed by atoms with Crippen LogP contribution in [0.15, 0.2) is 36.4 Å². The smallest absolute Gasteiger partial charge is 0.118 e. The highest BCUT2D eigenvalue weighted by atomic mass is 16.5. The van der Waals surface area contributed by atoms with E-state index >= 15 is 0 Å². The third-order valence-corrected chi connectivity index (χ3v) is 3.06. The highest BCUT2D eigenvalue weighted by Gasteiger charge is 2.01. The molecule has 0 saturated heterocycles. The molecule has 1 atom stereocenters. The Kier molecular flexibility index (Phi) is 7.19. The third kappa shape index (κ3) is 5.87. The van der Waals surface area contributed by atoms with Gasteiger partial charge in [-0.3, -0.25) is 0 Å². The molecule has 1 unspecified atom stereocenters. The lowest BCUT2D eigenvalue weighted by Crippen LogP contribution is -2.27. The summed E-state index contributed by atoms with van der Waals surface area (Å²) < 4.78 is 5.15. The van der Waals surface area contributed by atoms with E-state index in [1.165, 1.54) is 12.0 Å². The van der Waals surface area contributed by atoms with E-state index < -0.39 is 0 Å². The molecule has 0 bridgehead atoms. The molecule has 1 rings (SSSR count). The fourth-order valence-electron chi connectivity index (χ4n) is 1.86. The predicted octanol–water partition coefficient (Wildman–Crippen LogP) is 3.57. The molecule has 0 aromatic heterocycles. The first-order valence-electron chi connectivity index (χ1n) is 6.73. The molecule has 0 heterocycles. The van der Waals surface area contributed by atoms with Gasteiger partial charge in [-0.2, -0.15) is 0 Å². The van der Waals surface area contributed by atoms with Gasteiger partial charge in [0.25, 0.3) is 0 Å². The van der Waals surface area contributed by atoms with Gasteiger partial charge < -0.3 is 10.1 Å². The van der Waals surface area contributed by atoms with Gasteiger partial charge in [-0.25, -0.2) is 0 Å². The van der Waals surface area contributed by atoms with Crippen LogP contribution >= 0.6 is 0 Å². The molecule has 2 nitrogen and oxygen atoms in total. The average Bonchev–Trinajstić information content (AvgIpc) is 2.42. The maximum Gasteiger partial charge on any atom is 0.118 e. The number of methoxy groups -OCH3 is 1. The molecule has 100 valence electrons. The van der Waals surface area contributed by atoms with Crippen LogP contribution < -0.4 is 10.1 Å². The fraction of sp³-hybridized carbons (Fsp3) is 0.500. The Morgan fingerprint density at radius 3 is 2.61 bits per heavy atom. The lowest BCUT2D eigenvalue weighted by atomic mass is 10.1. The largest absolute Gasteiger partial charge is 0.497 e. The van der Waals surface area contributed by atoms with E-state index in [0.717, 1.165) is 25.1 Å². The number of ether oxygens (including phenoxy) is 1. The second-order valence-electron chi connectivity index (χ2n) is 4.60. The molecule has 2 heteroatoms. The fourth-order valence-corrected chi connectivity index (χ4v) is 1.86. The van der Waals surface area contributed by atoms with Crippen molar-refractivity contribution in [2.24, 2.45) is 0 Å². The Bertz CT molecular complexity index is 343. The molecule has 0 spiro atoms. The summed E-state index contributed by atoms with van der Waals surface area (Å²) in [5.74, 6) is 0.927. The minimum Gasteiger partial charge on any atom is -0.497 e. The summed E-state index contributed by atoms with van der Waals surface area (Å²) in [5.41, 5.74) is 1.37. The van der Waals surface area contributed by atoms with Gasteiger partial charge in [0.2, 0.25) is 0 Å². The van der Waals surface area contributed by atoms with E-state index in [2.05, 4.69) is 43.4 Å². The first-order chi connectivity index (χ1) is 8.76. The van der Waals surface area contributed by atoms with E-state index in [1.807, 2.05) is 12.1 Å². The Balaban J connectivity index is 2.22. The predicted molar refractivity (Wildman–Crippen MR) is 78.2 cm³/mol. The first-order valence-corrected chi connectivity index (χ1v) is 6.73. The van der Waals surface area contributed by atoms with Gasteiger partial charge in [0.15, 0.2) is 0 Å². The van der Waals surface area contributed by atoms with Crippen molar-refractivity contribution in [3.8, 4) is 5.75 Å². The zero-order valence-electron chi connectivity index (χ0n) is 11.8. The quantitative estimate of drug-likeness (QED) is 0.560. The maximum atomic E-state index is 5.15. The number of hydrogen-bond donors (Lipinski definition) is 1. The van der Waals surface area contributed by atoms with Gasteiger partial charge >= 0.3 is 0 Å². The van der Waals surface area contributed by atoms with Crippen LogP contribution in [0.4, 0.5) is 0 Å². The van der Waals surface area contributed by atoms with Crippen LogP contribution in [0.3, 0.4) is 0 Å². The van der Waals surface area contributed by atoms with E-state index in [4.69, 9.17) is 4.74 Å². The van der Waals surface area contributed by atoms with Crippen LogP contribution in [-0.4, -0.2) is 19.7 Å². The van der Waals surface area contributed by atoms with E-state index in [0.29, 0.717) is 6.04 Å². The highest BCUT2D eigenvalue weighted by Crippen LogP contribution is 2.13. The summed E-state index contributed by atoms with van der Waals surface area (Å²) in [6.07, 6.45) is 7.69. The molecule has 0 amide bonds. The van der Waals surface area contributed by atoms with Crippen molar-refractivity contribution < 1.29 is 4.74 Å². The van der Waals surface area contributed by atoms with Crippen LogP contribution in [0.2, 0.25) is 0 Å². The van der Waals surface area contributed by atoms with E-state index in [9.17, 15) is 0 Å². The van der Waals surface area contributed by atoms with Gasteiger partial charge in [0.1, 0.15) is 5.75 Å². The first kappa shape index (κ1) is 14.8. The van der Waals surface area contributed by atoms with E-state index in [-0.39, 0.29) is 0 Å². The minimum absolute atomic E-state index is 0.567. The lowest BCUT2D eigenvalue weighted by molar-refractivity contribution is 0.414. The van der Waals surface area contributed by atoms with Crippen LogP contribution in [0.25, 0.3) is 0 Å². The molecule has 0 aliphatic heterocycles. The number of allylic oxidation sites excluding steroid dienone is 1. The van der Waals surface area contributed by atoms with Gasteiger partial charge in [0, 0.05) is 6.04 Å². The van der Waals surface area contributed by atoms with Crippen LogP contribution in [0.5, 0.6) is 5.75 Å². The molecule has 0 aliphatic carbocycles. The number of benzene rings is 1. The molecule has 1 aromatic carbocycles. The molecule has 0 radical (unpaired) electrons. The maximum absolute atomic E-state index is 5.15. The van der Waals surface area contributed by atoms with Gasteiger partial charge in [-0.1, -0.05) is 24.3 Å². The molecule has 1 N–H and O–H groups in total. The molecular formula is C16H25NO. The molecule has 18 heavy (non-hydrogen) atoms. The number of aryl methyl sites for hydroxylation is 1. The van der Waals surface area contributed by atoms with Gasteiger partial charge in [0.05, 0.1) is 7.11 Å².